The zero-order valence-corrected chi connectivity index (χ0v) is 11.8. The molecule has 1 atom stereocenters. The van der Waals surface area contributed by atoms with E-state index >= 15 is 0 Å². The molecule has 0 aromatic carbocycles. The predicted octanol–water partition coefficient (Wildman–Crippen LogP) is 1.20. The molecule has 7 nitrogen and oxygen atoms in total. The van der Waals surface area contributed by atoms with Gasteiger partial charge in [-0.1, -0.05) is 0 Å². The zero-order chi connectivity index (χ0) is 14.2. The smallest absolute Gasteiger partial charge is 0.243 e. The van der Waals surface area contributed by atoms with E-state index in [1.807, 2.05) is 29.2 Å². The number of fused-ring (bicyclic) bond motifs is 1. The summed E-state index contributed by atoms with van der Waals surface area (Å²) in [5.74, 6) is 0.691. The van der Waals surface area contributed by atoms with Crippen molar-refractivity contribution in [3.8, 4) is 11.1 Å². The van der Waals surface area contributed by atoms with Gasteiger partial charge in [0.1, 0.15) is 0 Å². The van der Waals surface area contributed by atoms with Crippen molar-refractivity contribution in [3.63, 3.8) is 0 Å². The van der Waals surface area contributed by atoms with Crippen molar-refractivity contribution in [2.24, 2.45) is 0 Å². The molecule has 21 heavy (non-hydrogen) atoms. The molecule has 1 aliphatic heterocycles. The van der Waals surface area contributed by atoms with Crippen LogP contribution in [0.2, 0.25) is 0 Å². The number of rotatable bonds is 3. The van der Waals surface area contributed by atoms with Gasteiger partial charge < -0.3 is 10.6 Å². The summed E-state index contributed by atoms with van der Waals surface area (Å²) < 4.78 is 1.82. The van der Waals surface area contributed by atoms with E-state index in [9.17, 15) is 0 Å². The van der Waals surface area contributed by atoms with Gasteiger partial charge in [0, 0.05) is 36.1 Å². The molecule has 108 valence electrons. The van der Waals surface area contributed by atoms with Crippen molar-refractivity contribution in [3.05, 3.63) is 30.2 Å². The number of aryl methyl sites for hydroxylation is 1. The van der Waals surface area contributed by atoms with E-state index in [0.717, 1.165) is 41.8 Å². The Morgan fingerprint density at radius 2 is 2.38 bits per heavy atom. The lowest BCUT2D eigenvalue weighted by Crippen LogP contribution is -2.22. The summed E-state index contributed by atoms with van der Waals surface area (Å²) >= 11 is 0. The first-order valence-corrected chi connectivity index (χ1v) is 7.13. The Bertz CT molecular complexity index is 753. The van der Waals surface area contributed by atoms with Gasteiger partial charge in [0.2, 0.25) is 5.95 Å². The molecule has 0 bridgehead atoms. The second-order valence-electron chi connectivity index (χ2n) is 5.38. The highest BCUT2D eigenvalue weighted by molar-refractivity contribution is 5.72. The molecule has 0 amide bonds. The van der Waals surface area contributed by atoms with E-state index < -0.39 is 0 Å². The van der Waals surface area contributed by atoms with Crippen LogP contribution in [-0.2, 0) is 0 Å². The van der Waals surface area contributed by atoms with Crippen LogP contribution in [-0.4, -0.2) is 43.9 Å². The predicted molar refractivity (Wildman–Crippen MR) is 80.2 cm³/mol. The minimum absolute atomic E-state index is 0.413. The van der Waals surface area contributed by atoms with Crippen LogP contribution < -0.4 is 10.6 Å². The second-order valence-corrected chi connectivity index (χ2v) is 5.38. The average molecular weight is 283 g/mol. The molecule has 4 heterocycles. The third-order valence-corrected chi connectivity index (χ3v) is 3.96. The molecule has 3 N–H and O–H groups in total. The molecule has 3 aromatic heterocycles. The summed E-state index contributed by atoms with van der Waals surface area (Å²) in [4.78, 5) is 4.63. The minimum atomic E-state index is 0.413. The van der Waals surface area contributed by atoms with Crippen molar-refractivity contribution in [1.82, 2.24) is 30.1 Å². The maximum Gasteiger partial charge on any atom is 0.243 e. The van der Waals surface area contributed by atoms with Crippen LogP contribution in [0.4, 0.5) is 5.95 Å². The summed E-state index contributed by atoms with van der Waals surface area (Å²) in [6, 6.07) is 2.46. The number of anilines is 1. The fraction of sp³-hybridized carbons (Fsp3) is 0.357. The molecule has 3 aromatic rings. The zero-order valence-electron chi connectivity index (χ0n) is 11.8. The Balaban J connectivity index is 1.72. The number of nitrogens with one attached hydrogen (secondary N) is 3. The largest absolute Gasteiger partial charge is 0.349 e. The summed E-state index contributed by atoms with van der Waals surface area (Å²) in [7, 11) is 0. The molecule has 0 saturated carbocycles. The molecule has 0 radical (unpaired) electrons. The molecule has 1 aliphatic rings. The second kappa shape index (κ2) is 4.85. The van der Waals surface area contributed by atoms with Crippen LogP contribution in [0.25, 0.3) is 16.8 Å². The first-order valence-electron chi connectivity index (χ1n) is 7.13. The third-order valence-electron chi connectivity index (χ3n) is 3.96. The minimum Gasteiger partial charge on any atom is -0.349 e. The Morgan fingerprint density at radius 1 is 1.43 bits per heavy atom. The van der Waals surface area contributed by atoms with E-state index in [1.165, 1.54) is 0 Å². The van der Waals surface area contributed by atoms with E-state index in [-0.39, 0.29) is 0 Å². The normalized spacial score (nSPS) is 18.4. The van der Waals surface area contributed by atoms with Gasteiger partial charge in [-0.25, -0.2) is 4.52 Å². The number of hydrogen-bond donors (Lipinski definition) is 3. The van der Waals surface area contributed by atoms with Crippen molar-refractivity contribution in [2.75, 3.05) is 18.4 Å². The number of nitrogens with zero attached hydrogens (tertiary/aromatic N) is 4. The number of pyridine rings is 1. The highest BCUT2D eigenvalue weighted by Gasteiger charge is 2.17. The molecule has 1 saturated heterocycles. The topological polar surface area (TPSA) is 82.9 Å². The molecule has 1 fully saturated rings. The van der Waals surface area contributed by atoms with Crippen LogP contribution in [0.15, 0.2) is 24.7 Å². The Morgan fingerprint density at radius 3 is 3.14 bits per heavy atom. The van der Waals surface area contributed by atoms with Gasteiger partial charge in [-0.2, -0.15) is 10.1 Å². The van der Waals surface area contributed by atoms with E-state index in [1.54, 1.807) is 0 Å². The number of aromatic amines is 1. The summed E-state index contributed by atoms with van der Waals surface area (Å²) in [5.41, 5.74) is 4.16. The highest BCUT2D eigenvalue weighted by atomic mass is 15.4. The van der Waals surface area contributed by atoms with Gasteiger partial charge in [-0.3, -0.25) is 5.10 Å². The third kappa shape index (κ3) is 2.15. The summed E-state index contributed by atoms with van der Waals surface area (Å²) in [6.07, 6.45) is 6.75. The molecule has 0 spiro atoms. The van der Waals surface area contributed by atoms with Crippen molar-refractivity contribution >= 4 is 11.6 Å². The standard InChI is InChI=1S/C14H17N7/c1-9-12(10-6-16-17-7-10)3-5-21-13(9)19-14(20-21)18-11-2-4-15-8-11/h3,5-7,11,15H,2,4,8H2,1H3,(H,16,17)(H,18,20)/t11-/m1/s1. The summed E-state index contributed by atoms with van der Waals surface area (Å²) in [6.45, 7) is 4.08. The van der Waals surface area contributed by atoms with Crippen LogP contribution in [0.1, 0.15) is 12.0 Å². The molecule has 4 rings (SSSR count). The summed E-state index contributed by atoms with van der Waals surface area (Å²) in [5, 5.41) is 18.1. The average Bonchev–Trinajstić information content (AvgIpc) is 3.19. The first kappa shape index (κ1) is 12.3. The number of aromatic nitrogens is 5. The van der Waals surface area contributed by atoms with Crippen LogP contribution in [0, 0.1) is 6.92 Å². The van der Waals surface area contributed by atoms with Crippen molar-refractivity contribution < 1.29 is 0 Å². The van der Waals surface area contributed by atoms with Gasteiger partial charge in [-0.15, -0.1) is 5.10 Å². The van der Waals surface area contributed by atoms with E-state index in [2.05, 4.69) is 37.8 Å². The Kier molecular flexibility index (Phi) is 2.85. The lowest BCUT2D eigenvalue weighted by molar-refractivity contribution is 0.779. The van der Waals surface area contributed by atoms with Crippen LogP contribution >= 0.6 is 0 Å². The fourth-order valence-corrected chi connectivity index (χ4v) is 2.81. The quantitative estimate of drug-likeness (QED) is 0.673. The lowest BCUT2D eigenvalue weighted by Gasteiger charge is -2.07. The van der Waals surface area contributed by atoms with Gasteiger partial charge in [0.15, 0.2) is 5.65 Å². The Hall–Kier alpha value is -2.41. The van der Waals surface area contributed by atoms with Gasteiger partial charge in [-0.05, 0) is 31.5 Å². The van der Waals surface area contributed by atoms with E-state index in [4.69, 9.17) is 0 Å². The van der Waals surface area contributed by atoms with Gasteiger partial charge >= 0.3 is 0 Å². The van der Waals surface area contributed by atoms with Crippen LogP contribution in [0.3, 0.4) is 0 Å². The van der Waals surface area contributed by atoms with Gasteiger partial charge in [0.05, 0.1) is 6.20 Å². The maximum absolute atomic E-state index is 4.63. The van der Waals surface area contributed by atoms with Crippen LogP contribution in [0.5, 0.6) is 0 Å². The molecule has 0 unspecified atom stereocenters. The first-order chi connectivity index (χ1) is 10.3. The van der Waals surface area contributed by atoms with Gasteiger partial charge in [0.25, 0.3) is 0 Å². The Labute approximate surface area is 121 Å². The number of hydrogen-bond acceptors (Lipinski definition) is 5. The van der Waals surface area contributed by atoms with Crippen molar-refractivity contribution in [1.29, 1.82) is 0 Å². The van der Waals surface area contributed by atoms with E-state index in [0.29, 0.717) is 12.0 Å². The molecular formula is C14H17N7. The maximum atomic E-state index is 4.63. The number of H-pyrrole nitrogens is 1. The highest BCUT2D eigenvalue weighted by Crippen LogP contribution is 2.25. The molecule has 0 aliphatic carbocycles. The monoisotopic (exact) mass is 283 g/mol. The molecule has 7 heteroatoms. The van der Waals surface area contributed by atoms with Crippen molar-refractivity contribution in [2.45, 2.75) is 19.4 Å². The lowest BCUT2D eigenvalue weighted by atomic mass is 10.1. The fourth-order valence-electron chi connectivity index (χ4n) is 2.81. The SMILES string of the molecule is Cc1c(-c2cn[nH]c2)ccn2nc(N[C@@H]3CCNC3)nc12. The molecular weight excluding hydrogens is 266 g/mol.